The number of benzene rings is 2. The van der Waals surface area contributed by atoms with Crippen molar-refractivity contribution in [3.05, 3.63) is 71.0 Å². The van der Waals surface area contributed by atoms with E-state index in [-0.39, 0.29) is 12.6 Å². The smallest absolute Gasteiger partial charge is 0.306 e. The zero-order valence-corrected chi connectivity index (χ0v) is 11.4. The first kappa shape index (κ1) is 15.5. The molecule has 2 aromatic carbocycles. The molecule has 2 aromatic rings. The van der Waals surface area contributed by atoms with E-state index in [1.54, 1.807) is 0 Å². The molecule has 0 aliphatic heterocycles. The van der Waals surface area contributed by atoms with E-state index in [1.807, 2.05) is 37.3 Å². The maximum atomic E-state index is 13.2. The van der Waals surface area contributed by atoms with Gasteiger partial charge in [0.25, 0.3) is 0 Å². The van der Waals surface area contributed by atoms with Gasteiger partial charge in [0, 0.05) is 12.6 Å². The van der Waals surface area contributed by atoms with Crippen molar-refractivity contribution in [1.82, 2.24) is 5.32 Å². The van der Waals surface area contributed by atoms with Crippen molar-refractivity contribution in [3.8, 4) is 0 Å². The first-order valence-electron chi connectivity index (χ1n) is 6.52. The molecule has 21 heavy (non-hydrogen) atoms. The molecule has 0 bridgehead atoms. The van der Waals surface area contributed by atoms with Gasteiger partial charge in [-0.05, 0) is 30.2 Å². The fourth-order valence-corrected chi connectivity index (χ4v) is 2.03. The molecule has 0 saturated heterocycles. The number of halogens is 4. The van der Waals surface area contributed by atoms with Gasteiger partial charge in [0.1, 0.15) is 5.82 Å². The number of alkyl halides is 3. The highest BCUT2D eigenvalue weighted by Gasteiger charge is 2.34. The van der Waals surface area contributed by atoms with Crippen molar-refractivity contribution in [2.75, 3.05) is 0 Å². The van der Waals surface area contributed by atoms with Crippen molar-refractivity contribution in [1.29, 1.82) is 0 Å². The third-order valence-electron chi connectivity index (χ3n) is 3.25. The van der Waals surface area contributed by atoms with Crippen LogP contribution < -0.4 is 5.32 Å². The van der Waals surface area contributed by atoms with Crippen LogP contribution in [0.1, 0.15) is 29.7 Å². The maximum absolute atomic E-state index is 13.2. The predicted molar refractivity (Wildman–Crippen MR) is 73.1 cm³/mol. The van der Waals surface area contributed by atoms with Gasteiger partial charge < -0.3 is 5.32 Å². The lowest BCUT2D eigenvalue weighted by Crippen LogP contribution is -2.18. The number of nitrogens with one attached hydrogen (secondary N) is 1. The molecule has 0 fully saturated rings. The van der Waals surface area contributed by atoms with Crippen LogP contribution in [0.3, 0.4) is 0 Å². The maximum Gasteiger partial charge on any atom is 0.419 e. The van der Waals surface area contributed by atoms with Crippen LogP contribution in [0.15, 0.2) is 48.5 Å². The van der Waals surface area contributed by atoms with Crippen LogP contribution in [0.2, 0.25) is 0 Å². The molecule has 2 rings (SSSR count). The van der Waals surface area contributed by atoms with Gasteiger partial charge in [-0.1, -0.05) is 36.4 Å². The van der Waals surface area contributed by atoms with E-state index in [0.29, 0.717) is 5.56 Å². The molecular formula is C16H15F4N. The Hall–Kier alpha value is -1.88. The Morgan fingerprint density at radius 2 is 1.71 bits per heavy atom. The number of hydrogen-bond acceptors (Lipinski definition) is 1. The highest BCUT2D eigenvalue weighted by Crippen LogP contribution is 2.31. The van der Waals surface area contributed by atoms with Gasteiger partial charge in [-0.15, -0.1) is 0 Å². The molecule has 0 saturated carbocycles. The molecule has 1 unspecified atom stereocenters. The average Bonchev–Trinajstić information content (AvgIpc) is 2.45. The second-order valence-electron chi connectivity index (χ2n) is 4.83. The summed E-state index contributed by atoms with van der Waals surface area (Å²) in [6.45, 7) is 2.16. The Morgan fingerprint density at radius 3 is 2.33 bits per heavy atom. The minimum atomic E-state index is -4.68. The zero-order valence-electron chi connectivity index (χ0n) is 11.4. The van der Waals surface area contributed by atoms with Crippen LogP contribution in [-0.2, 0) is 12.7 Å². The van der Waals surface area contributed by atoms with Crippen molar-refractivity contribution in [3.63, 3.8) is 0 Å². The van der Waals surface area contributed by atoms with Crippen LogP contribution in [0.25, 0.3) is 0 Å². The largest absolute Gasteiger partial charge is 0.419 e. The van der Waals surface area contributed by atoms with E-state index in [1.165, 1.54) is 6.07 Å². The normalized spacial score (nSPS) is 13.2. The minimum absolute atomic E-state index is 0.00871. The highest BCUT2D eigenvalue weighted by molar-refractivity contribution is 5.27. The van der Waals surface area contributed by atoms with Gasteiger partial charge in [0.15, 0.2) is 0 Å². The molecule has 1 atom stereocenters. The lowest BCUT2D eigenvalue weighted by atomic mass is 10.1. The van der Waals surface area contributed by atoms with E-state index < -0.39 is 17.6 Å². The topological polar surface area (TPSA) is 12.0 Å². The van der Waals surface area contributed by atoms with Crippen molar-refractivity contribution >= 4 is 0 Å². The second-order valence-corrected chi connectivity index (χ2v) is 4.83. The monoisotopic (exact) mass is 297 g/mol. The minimum Gasteiger partial charge on any atom is -0.306 e. The Morgan fingerprint density at radius 1 is 1.05 bits per heavy atom. The summed E-state index contributed by atoms with van der Waals surface area (Å²) in [6, 6.07) is 12.6. The van der Waals surface area contributed by atoms with E-state index in [9.17, 15) is 17.6 Å². The summed E-state index contributed by atoms with van der Waals surface area (Å²) in [5.74, 6) is -1.25. The summed E-state index contributed by atoms with van der Waals surface area (Å²) in [5.41, 5.74) is 0.205. The summed E-state index contributed by atoms with van der Waals surface area (Å²) in [5, 5.41) is 3.12. The Balaban J connectivity index is 2.07. The molecule has 0 aliphatic carbocycles. The van der Waals surface area contributed by atoms with Gasteiger partial charge >= 0.3 is 6.18 Å². The molecule has 0 amide bonds. The molecule has 0 radical (unpaired) electrons. The number of rotatable bonds is 4. The van der Waals surface area contributed by atoms with Crippen molar-refractivity contribution < 1.29 is 17.6 Å². The fraction of sp³-hybridized carbons (Fsp3) is 0.250. The van der Waals surface area contributed by atoms with Crippen LogP contribution in [0, 0.1) is 5.82 Å². The van der Waals surface area contributed by atoms with E-state index >= 15 is 0 Å². The molecule has 0 heterocycles. The third-order valence-corrected chi connectivity index (χ3v) is 3.25. The quantitative estimate of drug-likeness (QED) is 0.807. The van der Waals surface area contributed by atoms with Gasteiger partial charge in [-0.2, -0.15) is 13.2 Å². The lowest BCUT2D eigenvalue weighted by molar-refractivity contribution is -0.140. The van der Waals surface area contributed by atoms with Crippen molar-refractivity contribution in [2.45, 2.75) is 25.7 Å². The molecular weight excluding hydrogens is 282 g/mol. The Kier molecular flexibility index (Phi) is 4.63. The standard InChI is InChI=1S/C16H15F4N/c1-11(13-5-3-2-4-6-13)21-10-12-7-8-15(17)14(9-12)16(18,19)20/h2-9,11,21H,10H2,1H3. The average molecular weight is 297 g/mol. The lowest BCUT2D eigenvalue weighted by Gasteiger charge is -2.15. The molecule has 1 nitrogen and oxygen atoms in total. The van der Waals surface area contributed by atoms with E-state index in [2.05, 4.69) is 5.32 Å². The molecule has 0 aromatic heterocycles. The summed E-state index contributed by atoms with van der Waals surface area (Å²) in [4.78, 5) is 0. The van der Waals surface area contributed by atoms with E-state index in [4.69, 9.17) is 0 Å². The fourth-order valence-electron chi connectivity index (χ4n) is 2.03. The molecule has 0 aliphatic rings. The Labute approximate surface area is 120 Å². The van der Waals surface area contributed by atoms with Gasteiger partial charge in [0.2, 0.25) is 0 Å². The Bertz CT molecular complexity index is 593. The summed E-state index contributed by atoms with van der Waals surface area (Å²) in [7, 11) is 0. The molecule has 0 spiro atoms. The van der Waals surface area contributed by atoms with E-state index in [0.717, 1.165) is 17.7 Å². The van der Waals surface area contributed by atoms with Crippen LogP contribution >= 0.6 is 0 Å². The first-order valence-corrected chi connectivity index (χ1v) is 6.52. The molecule has 1 N–H and O–H groups in total. The number of hydrogen-bond donors (Lipinski definition) is 1. The van der Waals surface area contributed by atoms with Gasteiger partial charge in [-0.3, -0.25) is 0 Å². The van der Waals surface area contributed by atoms with Gasteiger partial charge in [0.05, 0.1) is 5.56 Å². The summed E-state index contributed by atoms with van der Waals surface area (Å²) >= 11 is 0. The summed E-state index contributed by atoms with van der Waals surface area (Å²) in [6.07, 6.45) is -4.68. The zero-order chi connectivity index (χ0) is 15.5. The van der Waals surface area contributed by atoms with Crippen LogP contribution in [0.4, 0.5) is 17.6 Å². The van der Waals surface area contributed by atoms with Crippen LogP contribution in [0.5, 0.6) is 0 Å². The molecule has 5 heteroatoms. The first-order chi connectivity index (χ1) is 9.88. The predicted octanol–water partition coefficient (Wildman–Crippen LogP) is 4.70. The highest BCUT2D eigenvalue weighted by atomic mass is 19.4. The SMILES string of the molecule is CC(NCc1ccc(F)c(C(F)(F)F)c1)c1ccccc1. The third kappa shape index (κ3) is 4.04. The van der Waals surface area contributed by atoms with Crippen molar-refractivity contribution in [2.24, 2.45) is 0 Å². The summed E-state index contributed by atoms with van der Waals surface area (Å²) < 4.78 is 51.1. The second kappa shape index (κ2) is 6.26. The molecule has 112 valence electrons. The van der Waals surface area contributed by atoms with Crippen LogP contribution in [-0.4, -0.2) is 0 Å². The van der Waals surface area contributed by atoms with Gasteiger partial charge in [-0.25, -0.2) is 4.39 Å².